The predicted molar refractivity (Wildman–Crippen MR) is 59.8 cm³/mol. The van der Waals surface area contributed by atoms with Crippen LogP contribution in [0.25, 0.3) is 0 Å². The van der Waals surface area contributed by atoms with E-state index in [1.807, 2.05) is 0 Å². The average Bonchev–Trinajstić information content (AvgIpc) is 2.09. The van der Waals surface area contributed by atoms with Gasteiger partial charge in [0.05, 0.1) is 12.4 Å². The van der Waals surface area contributed by atoms with Crippen molar-refractivity contribution in [3.8, 4) is 0 Å². The van der Waals surface area contributed by atoms with Crippen LogP contribution in [-0.4, -0.2) is 55.4 Å². The number of hydrogen-bond donors (Lipinski definition) is 1. The largest absolute Gasteiger partial charge is 0.480 e. The fourth-order valence-corrected chi connectivity index (χ4v) is 2.91. The zero-order chi connectivity index (χ0) is 13.0. The van der Waals surface area contributed by atoms with Crippen molar-refractivity contribution in [3.63, 3.8) is 0 Å². The van der Waals surface area contributed by atoms with Crippen molar-refractivity contribution in [1.82, 2.24) is 4.31 Å². The molecule has 0 heterocycles. The van der Waals surface area contributed by atoms with Crippen LogP contribution in [0.15, 0.2) is 0 Å². The van der Waals surface area contributed by atoms with E-state index in [2.05, 4.69) is 0 Å². The van der Waals surface area contributed by atoms with Gasteiger partial charge in [-0.3, -0.25) is 4.79 Å². The van der Waals surface area contributed by atoms with Crippen LogP contribution in [0.3, 0.4) is 0 Å². The normalized spacial score (nSPS) is 13.1. The smallest absolute Gasteiger partial charge is 0.318 e. The molecule has 0 aromatic carbocycles. The van der Waals surface area contributed by atoms with Gasteiger partial charge in [0.15, 0.2) is 0 Å². The van der Waals surface area contributed by atoms with Crippen molar-refractivity contribution in [1.29, 1.82) is 0 Å². The highest BCUT2D eigenvalue weighted by Crippen LogP contribution is 2.18. The first-order chi connectivity index (χ1) is 7.11. The van der Waals surface area contributed by atoms with Crippen molar-refractivity contribution in [2.24, 2.45) is 0 Å². The molecule has 0 bridgehead atoms. The quantitative estimate of drug-likeness (QED) is 0.728. The number of carboxylic acids is 1. The maximum Gasteiger partial charge on any atom is 0.318 e. The number of sulfonamides is 1. The van der Waals surface area contributed by atoms with E-state index in [9.17, 15) is 13.2 Å². The van der Waals surface area contributed by atoms with Crippen molar-refractivity contribution < 1.29 is 23.1 Å². The molecular formula is C9H19NO5S. The summed E-state index contributed by atoms with van der Waals surface area (Å²) in [6.45, 7) is 4.48. The molecule has 0 saturated carbocycles. The van der Waals surface area contributed by atoms with E-state index in [0.29, 0.717) is 0 Å². The summed E-state index contributed by atoms with van der Waals surface area (Å²) in [7, 11) is -2.21. The highest BCUT2D eigenvalue weighted by atomic mass is 32.2. The number of nitrogens with zero attached hydrogens (tertiary/aromatic N) is 1. The molecule has 0 aliphatic carbocycles. The molecule has 0 amide bonds. The number of hydrogen-bond acceptors (Lipinski definition) is 4. The molecule has 0 aliphatic rings. The summed E-state index contributed by atoms with van der Waals surface area (Å²) in [5.74, 6) is -1.38. The number of carbonyl (C=O) groups is 1. The lowest BCUT2D eigenvalue weighted by Gasteiger charge is -2.33. The van der Waals surface area contributed by atoms with Crippen LogP contribution in [0.4, 0.5) is 0 Å². The molecule has 6 nitrogen and oxygen atoms in total. The van der Waals surface area contributed by atoms with E-state index < -0.39 is 28.1 Å². The lowest BCUT2D eigenvalue weighted by Crippen LogP contribution is -2.49. The fraction of sp³-hybridized carbons (Fsp3) is 0.889. The second-order valence-corrected chi connectivity index (χ2v) is 6.39. The first kappa shape index (κ1) is 15.3. The van der Waals surface area contributed by atoms with Crippen LogP contribution >= 0.6 is 0 Å². The van der Waals surface area contributed by atoms with Gasteiger partial charge in [0.1, 0.15) is 6.54 Å². The summed E-state index contributed by atoms with van der Waals surface area (Å²) in [6, 6.07) is 0. The molecule has 0 unspecified atom stereocenters. The SMILES string of the molecule is COCCS(=O)(=O)N(CC(=O)O)C(C)(C)C. The van der Waals surface area contributed by atoms with Crippen LogP contribution in [-0.2, 0) is 19.6 Å². The third kappa shape index (κ3) is 4.91. The number of aliphatic carboxylic acids is 1. The van der Waals surface area contributed by atoms with Crippen molar-refractivity contribution in [3.05, 3.63) is 0 Å². The Morgan fingerprint density at radius 1 is 1.38 bits per heavy atom. The molecule has 0 spiro atoms. The average molecular weight is 253 g/mol. The van der Waals surface area contributed by atoms with E-state index in [-0.39, 0.29) is 12.4 Å². The zero-order valence-corrected chi connectivity index (χ0v) is 10.9. The lowest BCUT2D eigenvalue weighted by molar-refractivity contribution is -0.138. The number of rotatable bonds is 6. The maximum atomic E-state index is 11.9. The molecule has 0 radical (unpaired) electrons. The summed E-state index contributed by atoms with van der Waals surface area (Å²) in [5.41, 5.74) is -0.759. The highest BCUT2D eigenvalue weighted by molar-refractivity contribution is 7.89. The topological polar surface area (TPSA) is 83.9 Å². The van der Waals surface area contributed by atoms with E-state index in [0.717, 1.165) is 4.31 Å². The number of methoxy groups -OCH3 is 1. The molecule has 96 valence electrons. The first-order valence-electron chi connectivity index (χ1n) is 4.82. The summed E-state index contributed by atoms with van der Waals surface area (Å²) >= 11 is 0. The Morgan fingerprint density at radius 3 is 2.19 bits per heavy atom. The fourth-order valence-electron chi connectivity index (χ4n) is 1.17. The van der Waals surface area contributed by atoms with Gasteiger partial charge < -0.3 is 9.84 Å². The molecule has 0 atom stereocenters. The first-order valence-corrected chi connectivity index (χ1v) is 6.43. The van der Waals surface area contributed by atoms with Crippen LogP contribution in [0.5, 0.6) is 0 Å². The van der Waals surface area contributed by atoms with E-state index in [1.165, 1.54) is 7.11 Å². The van der Waals surface area contributed by atoms with Gasteiger partial charge in [0.2, 0.25) is 10.0 Å². The maximum absolute atomic E-state index is 11.9. The Kier molecular flexibility index (Phi) is 5.37. The van der Waals surface area contributed by atoms with E-state index in [1.54, 1.807) is 20.8 Å². The monoisotopic (exact) mass is 253 g/mol. The van der Waals surface area contributed by atoms with Gasteiger partial charge in [0.25, 0.3) is 0 Å². The van der Waals surface area contributed by atoms with Gasteiger partial charge >= 0.3 is 5.97 Å². The molecule has 0 aromatic rings. The summed E-state index contributed by atoms with van der Waals surface area (Å²) < 4.78 is 29.4. The summed E-state index contributed by atoms with van der Waals surface area (Å²) in [6.07, 6.45) is 0. The second kappa shape index (κ2) is 5.60. The molecule has 0 saturated heterocycles. The van der Waals surface area contributed by atoms with E-state index >= 15 is 0 Å². The molecule has 7 heteroatoms. The second-order valence-electron chi connectivity index (χ2n) is 4.38. The van der Waals surface area contributed by atoms with Crippen molar-refractivity contribution >= 4 is 16.0 Å². The van der Waals surface area contributed by atoms with Crippen LogP contribution in [0.2, 0.25) is 0 Å². The van der Waals surface area contributed by atoms with E-state index in [4.69, 9.17) is 9.84 Å². The third-order valence-electron chi connectivity index (χ3n) is 1.91. The van der Waals surface area contributed by atoms with Gasteiger partial charge in [-0.2, -0.15) is 4.31 Å². The molecule has 1 N–H and O–H groups in total. The molecule has 0 aromatic heterocycles. The summed E-state index contributed by atoms with van der Waals surface area (Å²) in [4.78, 5) is 10.6. The molecular weight excluding hydrogens is 234 g/mol. The highest BCUT2D eigenvalue weighted by Gasteiger charge is 2.33. The minimum absolute atomic E-state index is 0.0501. The zero-order valence-electron chi connectivity index (χ0n) is 10.1. The molecule has 0 aliphatic heterocycles. The van der Waals surface area contributed by atoms with Gasteiger partial charge in [-0.1, -0.05) is 0 Å². The van der Waals surface area contributed by atoms with Gasteiger partial charge in [-0.25, -0.2) is 8.42 Å². The van der Waals surface area contributed by atoms with Gasteiger partial charge in [-0.15, -0.1) is 0 Å². The van der Waals surface area contributed by atoms with Crippen LogP contribution in [0.1, 0.15) is 20.8 Å². The van der Waals surface area contributed by atoms with Crippen LogP contribution < -0.4 is 0 Å². The number of ether oxygens (including phenoxy) is 1. The van der Waals surface area contributed by atoms with Crippen molar-refractivity contribution in [2.75, 3.05) is 26.0 Å². The predicted octanol–water partition coefficient (Wildman–Crippen LogP) is 0.148. The molecule has 16 heavy (non-hydrogen) atoms. The Balaban J connectivity index is 4.96. The van der Waals surface area contributed by atoms with Gasteiger partial charge in [0, 0.05) is 12.6 Å². The Morgan fingerprint density at radius 2 is 1.88 bits per heavy atom. The number of carboxylic acid groups (broad SMARTS) is 1. The minimum atomic E-state index is -3.61. The Bertz CT molecular complexity index is 330. The Hall–Kier alpha value is -0.660. The summed E-state index contributed by atoms with van der Waals surface area (Å²) in [5, 5.41) is 8.70. The standard InChI is InChI=1S/C9H19NO5S/c1-9(2,3)10(7-8(11)12)16(13,14)6-5-15-4/h5-7H2,1-4H3,(H,11,12). The Labute approximate surface area is 96.2 Å². The third-order valence-corrected chi connectivity index (χ3v) is 3.94. The van der Waals surface area contributed by atoms with Crippen LogP contribution in [0, 0.1) is 0 Å². The lowest BCUT2D eigenvalue weighted by atomic mass is 10.1. The van der Waals surface area contributed by atoms with Crippen molar-refractivity contribution in [2.45, 2.75) is 26.3 Å². The van der Waals surface area contributed by atoms with Gasteiger partial charge in [-0.05, 0) is 20.8 Å². The minimum Gasteiger partial charge on any atom is -0.480 e. The molecule has 0 fully saturated rings. The molecule has 0 rings (SSSR count).